The first kappa shape index (κ1) is 12.7. The van der Waals surface area contributed by atoms with Crippen LogP contribution in [0.1, 0.15) is 17.2 Å². The Morgan fingerprint density at radius 3 is 2.33 bits per heavy atom. The Labute approximate surface area is 115 Å². The summed E-state index contributed by atoms with van der Waals surface area (Å²) in [4.78, 5) is 14.4. The number of hydrogen-bond acceptors (Lipinski definition) is 2. The van der Waals surface area contributed by atoms with Crippen molar-refractivity contribution < 1.29 is 4.79 Å². The van der Waals surface area contributed by atoms with Crippen LogP contribution in [0.3, 0.4) is 0 Å². The van der Waals surface area contributed by atoms with Crippen LogP contribution in [0.25, 0.3) is 0 Å². The van der Waals surface area contributed by atoms with Crippen molar-refractivity contribution in [3.63, 3.8) is 0 Å². The number of rotatable bonds is 4. The number of carbonyl (C=O) groups excluding carboxylic acids is 1. The fraction of sp³-hybridized carbons (Fsp3) is 0.133. The average molecular weight is 302 g/mol. The molecule has 0 saturated heterocycles. The van der Waals surface area contributed by atoms with Crippen LogP contribution in [0.5, 0.6) is 0 Å². The van der Waals surface area contributed by atoms with Gasteiger partial charge in [-0.05, 0) is 29.7 Å². The zero-order chi connectivity index (χ0) is 12.8. The zero-order valence-electron chi connectivity index (χ0n) is 9.71. The smallest absolute Gasteiger partial charge is 0.211 e. The van der Waals surface area contributed by atoms with E-state index in [0.29, 0.717) is 6.42 Å². The summed E-state index contributed by atoms with van der Waals surface area (Å²) in [6, 6.07) is 17.7. The molecule has 1 atom stereocenters. The minimum atomic E-state index is -0.162. The first-order valence-electron chi connectivity index (χ1n) is 5.66. The molecule has 0 bridgehead atoms. The minimum absolute atomic E-state index is 0.162. The fourth-order valence-corrected chi connectivity index (χ4v) is 2.08. The molecular weight excluding hydrogens is 290 g/mol. The topological polar surface area (TPSA) is 29.4 Å². The third kappa shape index (κ3) is 3.39. The Hall–Kier alpha value is -1.70. The summed E-state index contributed by atoms with van der Waals surface area (Å²) in [5, 5.41) is 0. The predicted molar refractivity (Wildman–Crippen MR) is 75.2 cm³/mol. The van der Waals surface area contributed by atoms with E-state index in [2.05, 4.69) is 20.9 Å². The van der Waals surface area contributed by atoms with Crippen molar-refractivity contribution in [1.82, 2.24) is 0 Å². The van der Waals surface area contributed by atoms with Gasteiger partial charge in [0.1, 0.15) is 0 Å². The van der Waals surface area contributed by atoms with Gasteiger partial charge in [-0.25, -0.2) is 4.79 Å². The van der Waals surface area contributed by atoms with E-state index in [9.17, 15) is 4.79 Å². The standard InChI is InChI=1S/C15H12BrNO/c16-14-8-6-12(7-9-14)10-15(17-11-18)13-4-2-1-3-5-13/h1-9,15H,10H2. The molecule has 0 heterocycles. The number of benzene rings is 2. The molecule has 2 aromatic carbocycles. The number of halogens is 1. The van der Waals surface area contributed by atoms with Gasteiger partial charge in [-0.15, -0.1) is 0 Å². The van der Waals surface area contributed by atoms with Gasteiger partial charge < -0.3 is 0 Å². The molecule has 0 amide bonds. The summed E-state index contributed by atoms with van der Waals surface area (Å²) in [6.45, 7) is 0. The van der Waals surface area contributed by atoms with Gasteiger partial charge in [0.2, 0.25) is 6.08 Å². The molecule has 2 rings (SSSR count). The van der Waals surface area contributed by atoms with Crippen LogP contribution in [-0.4, -0.2) is 6.08 Å². The van der Waals surface area contributed by atoms with Gasteiger partial charge in [0.15, 0.2) is 0 Å². The number of hydrogen-bond donors (Lipinski definition) is 0. The van der Waals surface area contributed by atoms with Crippen LogP contribution >= 0.6 is 15.9 Å². The molecule has 3 heteroatoms. The van der Waals surface area contributed by atoms with E-state index in [1.807, 2.05) is 54.6 Å². The molecule has 2 aromatic rings. The van der Waals surface area contributed by atoms with E-state index in [0.717, 1.165) is 15.6 Å². The summed E-state index contributed by atoms with van der Waals surface area (Å²) in [7, 11) is 0. The van der Waals surface area contributed by atoms with Gasteiger partial charge in [0.05, 0.1) is 6.04 Å². The lowest BCUT2D eigenvalue weighted by Crippen LogP contribution is -1.99. The molecule has 0 N–H and O–H groups in total. The van der Waals surface area contributed by atoms with Gasteiger partial charge in [-0.2, -0.15) is 4.99 Å². The van der Waals surface area contributed by atoms with E-state index >= 15 is 0 Å². The van der Waals surface area contributed by atoms with Crippen molar-refractivity contribution in [2.45, 2.75) is 12.5 Å². The van der Waals surface area contributed by atoms with Crippen molar-refractivity contribution in [3.05, 3.63) is 70.2 Å². The third-order valence-electron chi connectivity index (χ3n) is 2.74. The summed E-state index contributed by atoms with van der Waals surface area (Å²) in [5.74, 6) is 0. The summed E-state index contributed by atoms with van der Waals surface area (Å²) in [5.41, 5.74) is 2.18. The van der Waals surface area contributed by atoms with Crippen molar-refractivity contribution >= 4 is 22.0 Å². The molecule has 0 aliphatic heterocycles. The van der Waals surface area contributed by atoms with Crippen LogP contribution in [0, 0.1) is 0 Å². The van der Waals surface area contributed by atoms with Gasteiger partial charge in [-0.1, -0.05) is 58.4 Å². The van der Waals surface area contributed by atoms with Crippen molar-refractivity contribution in [1.29, 1.82) is 0 Å². The first-order valence-corrected chi connectivity index (χ1v) is 6.45. The number of isocyanates is 1. The SMILES string of the molecule is O=C=NC(Cc1ccc(Br)cc1)c1ccccc1. The molecular formula is C15H12BrNO. The molecule has 1 unspecified atom stereocenters. The van der Waals surface area contributed by atoms with E-state index in [-0.39, 0.29) is 6.04 Å². The molecule has 0 aromatic heterocycles. The van der Waals surface area contributed by atoms with Gasteiger partial charge in [0, 0.05) is 4.47 Å². The molecule has 0 aliphatic carbocycles. The highest BCUT2D eigenvalue weighted by Gasteiger charge is 2.10. The second-order valence-electron chi connectivity index (χ2n) is 3.98. The number of aliphatic imine (C=N–C) groups is 1. The maximum absolute atomic E-state index is 10.5. The zero-order valence-corrected chi connectivity index (χ0v) is 11.3. The molecule has 0 spiro atoms. The molecule has 18 heavy (non-hydrogen) atoms. The van der Waals surface area contributed by atoms with Gasteiger partial charge in [0.25, 0.3) is 0 Å². The third-order valence-corrected chi connectivity index (χ3v) is 3.26. The molecule has 2 nitrogen and oxygen atoms in total. The molecule has 90 valence electrons. The largest absolute Gasteiger partial charge is 0.235 e. The normalized spacial score (nSPS) is 11.6. The van der Waals surface area contributed by atoms with Gasteiger partial charge in [-0.3, -0.25) is 0 Å². The molecule has 0 aliphatic rings. The number of nitrogens with zero attached hydrogens (tertiary/aromatic N) is 1. The van der Waals surface area contributed by atoms with Crippen LogP contribution < -0.4 is 0 Å². The molecule has 0 saturated carbocycles. The lowest BCUT2D eigenvalue weighted by Gasteiger charge is -2.11. The van der Waals surface area contributed by atoms with Crippen molar-refractivity contribution in [3.8, 4) is 0 Å². The molecule has 0 radical (unpaired) electrons. The van der Waals surface area contributed by atoms with Gasteiger partial charge >= 0.3 is 0 Å². The average Bonchev–Trinajstić information content (AvgIpc) is 2.42. The Morgan fingerprint density at radius 2 is 1.72 bits per heavy atom. The lowest BCUT2D eigenvalue weighted by molar-refractivity contribution is 0.557. The summed E-state index contributed by atoms with van der Waals surface area (Å²) < 4.78 is 1.04. The highest BCUT2D eigenvalue weighted by Crippen LogP contribution is 2.22. The van der Waals surface area contributed by atoms with E-state index in [1.54, 1.807) is 6.08 Å². The fourth-order valence-electron chi connectivity index (χ4n) is 1.82. The monoisotopic (exact) mass is 301 g/mol. The Balaban J connectivity index is 2.22. The first-order chi connectivity index (χ1) is 8.79. The lowest BCUT2D eigenvalue weighted by atomic mass is 10.00. The predicted octanol–water partition coefficient (Wildman–Crippen LogP) is 4.07. The summed E-state index contributed by atoms with van der Waals surface area (Å²) in [6.07, 6.45) is 2.36. The quantitative estimate of drug-likeness (QED) is 0.618. The maximum atomic E-state index is 10.5. The van der Waals surface area contributed by atoms with Crippen LogP contribution in [0.15, 0.2) is 64.1 Å². The Bertz CT molecular complexity index is 544. The highest BCUT2D eigenvalue weighted by molar-refractivity contribution is 9.10. The second-order valence-corrected chi connectivity index (χ2v) is 4.89. The van der Waals surface area contributed by atoms with Crippen LogP contribution in [0.2, 0.25) is 0 Å². The van der Waals surface area contributed by atoms with Crippen LogP contribution in [0.4, 0.5) is 0 Å². The highest BCUT2D eigenvalue weighted by atomic mass is 79.9. The Kier molecular flexibility index (Phi) is 4.46. The molecule has 0 fully saturated rings. The second kappa shape index (κ2) is 6.29. The maximum Gasteiger partial charge on any atom is 0.235 e. The van der Waals surface area contributed by atoms with Crippen molar-refractivity contribution in [2.75, 3.05) is 0 Å². The van der Waals surface area contributed by atoms with E-state index < -0.39 is 0 Å². The van der Waals surface area contributed by atoms with E-state index in [1.165, 1.54) is 0 Å². The Morgan fingerprint density at radius 1 is 1.06 bits per heavy atom. The van der Waals surface area contributed by atoms with Crippen LogP contribution in [-0.2, 0) is 11.2 Å². The minimum Gasteiger partial charge on any atom is -0.211 e. The van der Waals surface area contributed by atoms with E-state index in [4.69, 9.17) is 0 Å². The summed E-state index contributed by atoms with van der Waals surface area (Å²) >= 11 is 3.40. The van der Waals surface area contributed by atoms with Crippen molar-refractivity contribution in [2.24, 2.45) is 4.99 Å².